The highest BCUT2D eigenvalue weighted by atomic mass is 16.8. The Morgan fingerprint density at radius 3 is 1.85 bits per heavy atom. The molecule has 3 aromatic rings. The predicted molar refractivity (Wildman–Crippen MR) is 122 cm³/mol. The van der Waals surface area contributed by atoms with Crippen LogP contribution in [0.5, 0.6) is 0 Å². The molecule has 3 aromatic carbocycles. The van der Waals surface area contributed by atoms with Crippen molar-refractivity contribution in [3.05, 3.63) is 108 Å². The largest absolute Gasteiger partial charge is 0.370 e. The molecule has 0 radical (unpaired) electrons. The predicted octanol–water partition coefficient (Wildman–Crippen LogP) is 4.14. The third-order valence-electron chi connectivity index (χ3n) is 6.80. The highest BCUT2D eigenvalue weighted by Crippen LogP contribution is 2.47. The molecule has 0 aromatic heterocycles. The van der Waals surface area contributed by atoms with E-state index in [1.54, 1.807) is 6.92 Å². The van der Waals surface area contributed by atoms with Crippen molar-refractivity contribution in [3.63, 3.8) is 0 Å². The van der Waals surface area contributed by atoms with Gasteiger partial charge in [-0.2, -0.15) is 5.26 Å². The second-order valence-electron chi connectivity index (χ2n) is 8.96. The van der Waals surface area contributed by atoms with Crippen LogP contribution >= 0.6 is 0 Å². The molecule has 6 heteroatoms. The smallest absolute Gasteiger partial charge is 0.259 e. The van der Waals surface area contributed by atoms with Gasteiger partial charge in [0, 0.05) is 6.92 Å². The Bertz CT molecular complexity index is 1090. The van der Waals surface area contributed by atoms with Gasteiger partial charge < -0.3 is 23.7 Å². The topological polar surface area (TPSA) is 69.9 Å². The van der Waals surface area contributed by atoms with Gasteiger partial charge in [-0.1, -0.05) is 91.0 Å². The fraction of sp³-hybridized carbons (Fsp3) is 0.321. The molecule has 6 atom stereocenters. The molecule has 3 aliphatic rings. The highest BCUT2D eigenvalue weighted by Gasteiger charge is 2.61. The maximum Gasteiger partial charge on any atom is 0.259 e. The zero-order valence-corrected chi connectivity index (χ0v) is 18.7. The van der Waals surface area contributed by atoms with Gasteiger partial charge in [0.15, 0.2) is 6.29 Å². The summed E-state index contributed by atoms with van der Waals surface area (Å²) in [6, 6.07) is 32.7. The Morgan fingerprint density at radius 1 is 0.824 bits per heavy atom. The molecule has 0 aliphatic carbocycles. The number of hydrogen-bond acceptors (Lipinski definition) is 6. The molecule has 3 aliphatic heterocycles. The summed E-state index contributed by atoms with van der Waals surface area (Å²) < 4.78 is 31.3. The van der Waals surface area contributed by atoms with Crippen molar-refractivity contribution in [1.29, 1.82) is 5.26 Å². The van der Waals surface area contributed by atoms with Crippen molar-refractivity contribution in [2.45, 2.75) is 49.0 Å². The average Bonchev–Trinajstić information content (AvgIpc) is 3.39. The van der Waals surface area contributed by atoms with Crippen molar-refractivity contribution in [2.24, 2.45) is 0 Å². The monoisotopic (exact) mass is 455 g/mol. The molecule has 0 amide bonds. The van der Waals surface area contributed by atoms with E-state index in [0.29, 0.717) is 6.61 Å². The van der Waals surface area contributed by atoms with E-state index in [1.165, 1.54) is 0 Å². The van der Waals surface area contributed by atoms with Crippen LogP contribution < -0.4 is 0 Å². The lowest BCUT2D eigenvalue weighted by Gasteiger charge is -2.43. The van der Waals surface area contributed by atoms with Crippen LogP contribution in [0.4, 0.5) is 0 Å². The van der Waals surface area contributed by atoms with E-state index in [4.69, 9.17) is 23.7 Å². The molecule has 172 valence electrons. The van der Waals surface area contributed by atoms with Gasteiger partial charge >= 0.3 is 0 Å². The normalized spacial score (nSPS) is 32.2. The molecule has 2 bridgehead atoms. The van der Waals surface area contributed by atoms with Gasteiger partial charge in [0.25, 0.3) is 5.79 Å². The first-order valence-corrected chi connectivity index (χ1v) is 11.5. The van der Waals surface area contributed by atoms with Crippen LogP contribution in [0.25, 0.3) is 0 Å². The van der Waals surface area contributed by atoms with Gasteiger partial charge in [-0.05, 0) is 16.7 Å². The summed E-state index contributed by atoms with van der Waals surface area (Å²) in [5.41, 5.74) is 2.09. The number of rotatable bonds is 5. The third-order valence-corrected chi connectivity index (χ3v) is 6.80. The van der Waals surface area contributed by atoms with Crippen LogP contribution in [-0.2, 0) is 29.3 Å². The first-order chi connectivity index (χ1) is 16.6. The van der Waals surface area contributed by atoms with E-state index in [0.717, 1.165) is 16.7 Å². The van der Waals surface area contributed by atoms with Crippen molar-refractivity contribution in [2.75, 3.05) is 6.61 Å². The Labute approximate surface area is 198 Å². The van der Waals surface area contributed by atoms with Crippen LogP contribution in [0.1, 0.15) is 23.6 Å². The Hall–Kier alpha value is -3.05. The van der Waals surface area contributed by atoms with Gasteiger partial charge in [0.1, 0.15) is 36.1 Å². The molecule has 3 heterocycles. The number of nitrogens with zero attached hydrogens (tertiary/aromatic N) is 1. The zero-order chi connectivity index (χ0) is 23.2. The SMILES string of the molecule is C[C@]1(C#N)O[C@H]2O[C@@H]3CO[C@@H]([C@H]3OC(c3ccccc3)(c3ccccc3)c3ccccc3)[C@H]2O1. The lowest BCUT2D eigenvalue weighted by Crippen LogP contribution is -2.55. The third kappa shape index (κ3) is 3.37. The highest BCUT2D eigenvalue weighted by molar-refractivity contribution is 5.47. The van der Waals surface area contributed by atoms with Gasteiger partial charge in [-0.3, -0.25) is 0 Å². The minimum Gasteiger partial charge on any atom is -0.370 e. The van der Waals surface area contributed by atoms with E-state index in [2.05, 4.69) is 42.5 Å². The number of ether oxygens (including phenoxy) is 5. The average molecular weight is 456 g/mol. The molecule has 6 rings (SSSR count). The lowest BCUT2D eigenvalue weighted by atomic mass is 9.79. The van der Waals surface area contributed by atoms with Crippen molar-refractivity contribution >= 4 is 0 Å². The molecule has 34 heavy (non-hydrogen) atoms. The maximum atomic E-state index is 9.51. The summed E-state index contributed by atoms with van der Waals surface area (Å²) in [4.78, 5) is 0. The summed E-state index contributed by atoms with van der Waals surface area (Å²) in [5.74, 6) is -1.37. The first-order valence-electron chi connectivity index (χ1n) is 11.5. The lowest BCUT2D eigenvalue weighted by molar-refractivity contribution is -0.232. The van der Waals surface area contributed by atoms with Crippen LogP contribution in [0.15, 0.2) is 91.0 Å². The minimum atomic E-state index is -1.37. The van der Waals surface area contributed by atoms with E-state index < -0.39 is 36.0 Å². The number of hydrogen-bond donors (Lipinski definition) is 0. The quantitative estimate of drug-likeness (QED) is 0.539. The molecule has 0 unspecified atom stereocenters. The van der Waals surface area contributed by atoms with E-state index in [-0.39, 0.29) is 6.10 Å². The standard InChI is InChI=1S/C28H25NO5/c1-27(18-29)32-25-24-23(22(17-30-24)31-26(25)34-27)33-28(19-11-5-2-6-12-19,20-13-7-3-8-14-20)21-15-9-4-10-16-21/h2-16,22-26H,17H2,1H3/t22-,23+,24+,25-,26-,27-/m1/s1. The Morgan fingerprint density at radius 2 is 1.35 bits per heavy atom. The van der Waals surface area contributed by atoms with Crippen molar-refractivity contribution in [3.8, 4) is 6.07 Å². The summed E-state index contributed by atoms with van der Waals surface area (Å²) in [6.45, 7) is 1.97. The fourth-order valence-corrected chi connectivity index (χ4v) is 5.26. The van der Waals surface area contributed by atoms with Crippen LogP contribution in [0.2, 0.25) is 0 Å². The molecular formula is C28H25NO5. The van der Waals surface area contributed by atoms with Crippen molar-refractivity contribution < 1.29 is 23.7 Å². The first kappa shape index (κ1) is 21.5. The molecule has 0 N–H and O–H groups in total. The molecular weight excluding hydrogens is 430 g/mol. The Kier molecular flexibility index (Phi) is 5.25. The molecule has 6 nitrogen and oxygen atoms in total. The van der Waals surface area contributed by atoms with Gasteiger partial charge in [-0.15, -0.1) is 0 Å². The molecule has 3 fully saturated rings. The summed E-state index contributed by atoms with van der Waals surface area (Å²) in [6.07, 6.45) is -2.46. The van der Waals surface area contributed by atoms with Gasteiger partial charge in [0.2, 0.25) is 0 Å². The van der Waals surface area contributed by atoms with Crippen LogP contribution in [-0.4, -0.2) is 43.1 Å². The number of nitriles is 1. The second kappa shape index (κ2) is 8.31. The van der Waals surface area contributed by atoms with Crippen LogP contribution in [0.3, 0.4) is 0 Å². The zero-order valence-electron chi connectivity index (χ0n) is 18.7. The van der Waals surface area contributed by atoms with E-state index in [1.807, 2.05) is 54.6 Å². The summed E-state index contributed by atoms with van der Waals surface area (Å²) in [5, 5.41) is 9.51. The molecule has 3 saturated heterocycles. The second-order valence-corrected chi connectivity index (χ2v) is 8.96. The van der Waals surface area contributed by atoms with Gasteiger partial charge in [-0.25, -0.2) is 0 Å². The molecule has 0 spiro atoms. The summed E-state index contributed by atoms with van der Waals surface area (Å²) >= 11 is 0. The van der Waals surface area contributed by atoms with Crippen molar-refractivity contribution in [1.82, 2.24) is 0 Å². The minimum absolute atomic E-state index is 0.355. The fourth-order valence-electron chi connectivity index (χ4n) is 5.26. The maximum absolute atomic E-state index is 9.51. The number of fused-ring (bicyclic) bond motifs is 4. The van der Waals surface area contributed by atoms with Crippen LogP contribution in [0, 0.1) is 11.3 Å². The Balaban J connectivity index is 1.47. The van der Waals surface area contributed by atoms with E-state index in [9.17, 15) is 5.26 Å². The summed E-state index contributed by atoms with van der Waals surface area (Å²) in [7, 11) is 0. The van der Waals surface area contributed by atoms with E-state index >= 15 is 0 Å². The van der Waals surface area contributed by atoms with Gasteiger partial charge in [0.05, 0.1) is 6.61 Å². The number of benzene rings is 3. The molecule has 0 saturated carbocycles.